The van der Waals surface area contributed by atoms with Crippen molar-refractivity contribution in [3.8, 4) is 0 Å². The lowest BCUT2D eigenvalue weighted by Crippen LogP contribution is -2.04. The Hall–Kier alpha value is -2.07. The summed E-state index contributed by atoms with van der Waals surface area (Å²) in [6, 6.07) is 0. The van der Waals surface area contributed by atoms with E-state index in [-0.39, 0.29) is 11.9 Å². The molecule has 26 heavy (non-hydrogen) atoms. The van der Waals surface area contributed by atoms with E-state index >= 15 is 0 Å². The molecule has 1 atom stereocenters. The van der Waals surface area contributed by atoms with E-state index in [9.17, 15) is 15.0 Å². The Bertz CT molecular complexity index is 498. The molecule has 0 aliphatic carbocycles. The predicted octanol–water partition coefficient (Wildman–Crippen LogP) is 5.63. The fourth-order valence-electron chi connectivity index (χ4n) is 2.34. The summed E-state index contributed by atoms with van der Waals surface area (Å²) in [6.45, 7) is 2.22. The molecule has 0 rings (SSSR count). The third kappa shape index (κ3) is 18.3. The zero-order valence-corrected chi connectivity index (χ0v) is 15.9. The average Bonchev–Trinajstić information content (AvgIpc) is 2.60. The zero-order chi connectivity index (χ0) is 19.5. The van der Waals surface area contributed by atoms with E-state index in [1.807, 2.05) is 6.08 Å². The minimum Gasteiger partial charge on any atom is -0.508 e. The van der Waals surface area contributed by atoms with Crippen LogP contribution in [-0.4, -0.2) is 27.4 Å². The maximum atomic E-state index is 10.2. The zero-order valence-electron chi connectivity index (χ0n) is 15.9. The van der Waals surface area contributed by atoms with Gasteiger partial charge >= 0.3 is 5.97 Å². The predicted molar refractivity (Wildman–Crippen MR) is 108 cm³/mol. The number of aliphatic hydroxyl groups excluding tert-OH is 2. The monoisotopic (exact) mass is 362 g/mol. The second-order valence-corrected chi connectivity index (χ2v) is 6.26. The molecule has 0 fully saturated rings. The molecule has 0 saturated heterocycles. The molecule has 0 aromatic carbocycles. The number of aliphatic hydroxyl groups is 2. The summed E-state index contributed by atoms with van der Waals surface area (Å²) in [5.74, 6) is -0.944. The first-order valence-corrected chi connectivity index (χ1v) is 9.54. The van der Waals surface area contributed by atoms with Gasteiger partial charge in [0, 0.05) is 6.08 Å². The summed E-state index contributed by atoms with van der Waals surface area (Å²) in [5.41, 5.74) is 0. The second-order valence-electron chi connectivity index (χ2n) is 6.26. The Labute approximate surface area is 157 Å². The molecule has 0 heterocycles. The third-order valence-electron chi connectivity index (χ3n) is 3.79. The van der Waals surface area contributed by atoms with Gasteiger partial charge in [-0.1, -0.05) is 88.3 Å². The summed E-state index contributed by atoms with van der Waals surface area (Å²) in [6.07, 6.45) is 23.7. The summed E-state index contributed by atoms with van der Waals surface area (Å²) in [4.78, 5) is 10.2. The molecule has 0 aromatic heterocycles. The van der Waals surface area contributed by atoms with Crippen LogP contribution >= 0.6 is 0 Å². The molecule has 0 aliphatic rings. The number of hydrogen-bond acceptors (Lipinski definition) is 3. The first-order valence-electron chi connectivity index (χ1n) is 9.54. The molecule has 146 valence electrons. The van der Waals surface area contributed by atoms with Gasteiger partial charge in [-0.2, -0.15) is 0 Å². The third-order valence-corrected chi connectivity index (χ3v) is 3.79. The summed E-state index contributed by atoms with van der Waals surface area (Å²) < 4.78 is 0. The van der Waals surface area contributed by atoms with E-state index in [4.69, 9.17) is 5.11 Å². The Morgan fingerprint density at radius 1 is 0.846 bits per heavy atom. The number of unbranched alkanes of at least 4 members (excludes halogenated alkanes) is 6. The van der Waals surface area contributed by atoms with Crippen LogP contribution in [0.5, 0.6) is 0 Å². The Balaban J connectivity index is 3.82. The van der Waals surface area contributed by atoms with Crippen LogP contribution in [0.1, 0.15) is 64.7 Å². The van der Waals surface area contributed by atoms with Crippen LogP contribution in [0.15, 0.2) is 60.4 Å². The highest BCUT2D eigenvalue weighted by Crippen LogP contribution is 2.11. The van der Waals surface area contributed by atoms with Crippen LogP contribution in [0.2, 0.25) is 0 Å². The molecule has 0 radical (unpaired) electrons. The van der Waals surface area contributed by atoms with Crippen LogP contribution in [0.25, 0.3) is 0 Å². The van der Waals surface area contributed by atoms with Crippen molar-refractivity contribution in [3.63, 3.8) is 0 Å². The second kappa shape index (κ2) is 17.7. The molecule has 0 spiro atoms. The van der Waals surface area contributed by atoms with Gasteiger partial charge in [-0.05, 0) is 25.0 Å². The van der Waals surface area contributed by atoms with Crippen molar-refractivity contribution in [1.82, 2.24) is 0 Å². The highest BCUT2D eigenvalue weighted by Gasteiger charge is 2.00. The molecule has 1 unspecified atom stereocenters. The number of allylic oxidation sites excluding steroid dienone is 7. The van der Waals surface area contributed by atoms with Gasteiger partial charge < -0.3 is 15.3 Å². The summed E-state index contributed by atoms with van der Waals surface area (Å²) >= 11 is 0. The van der Waals surface area contributed by atoms with Gasteiger partial charge in [0.15, 0.2) is 0 Å². The van der Waals surface area contributed by atoms with Crippen LogP contribution in [0, 0.1) is 0 Å². The molecule has 0 saturated carbocycles. The Morgan fingerprint density at radius 3 is 2.19 bits per heavy atom. The van der Waals surface area contributed by atoms with E-state index in [1.54, 1.807) is 18.2 Å². The van der Waals surface area contributed by atoms with Crippen molar-refractivity contribution in [2.75, 3.05) is 0 Å². The van der Waals surface area contributed by atoms with Crippen LogP contribution in [0.3, 0.4) is 0 Å². The standard InChI is InChI=1S/C22H34O4/c1-2-3-4-5-6-7-10-15-20(23)16-11-8-12-17-21(24)18-13-9-14-19-22(25)26/h8-9,11-14,17-20,23-24H,2-7,10,15-16H2,1H3,(H,25,26). The lowest BCUT2D eigenvalue weighted by Gasteiger charge is -2.07. The Morgan fingerprint density at radius 2 is 1.50 bits per heavy atom. The molecule has 0 bridgehead atoms. The molecule has 4 heteroatoms. The van der Waals surface area contributed by atoms with Crippen LogP contribution < -0.4 is 0 Å². The molecule has 0 aliphatic heterocycles. The van der Waals surface area contributed by atoms with Crippen molar-refractivity contribution in [2.24, 2.45) is 0 Å². The molecule has 0 aromatic rings. The molecule has 0 amide bonds. The minimum absolute atomic E-state index is 0.0678. The molecule has 3 N–H and O–H groups in total. The fourth-order valence-corrected chi connectivity index (χ4v) is 2.34. The van der Waals surface area contributed by atoms with Gasteiger partial charge in [0.1, 0.15) is 5.76 Å². The minimum atomic E-state index is -1.01. The van der Waals surface area contributed by atoms with Crippen molar-refractivity contribution in [2.45, 2.75) is 70.8 Å². The Kier molecular flexibility index (Phi) is 16.3. The van der Waals surface area contributed by atoms with E-state index < -0.39 is 5.97 Å². The number of hydrogen-bond donors (Lipinski definition) is 3. The van der Waals surface area contributed by atoms with Gasteiger partial charge in [0.25, 0.3) is 0 Å². The number of aliphatic carboxylic acids is 1. The average molecular weight is 363 g/mol. The molecular formula is C22H34O4. The smallest absolute Gasteiger partial charge is 0.328 e. The fraction of sp³-hybridized carbons (Fsp3) is 0.500. The van der Waals surface area contributed by atoms with Gasteiger partial charge in [-0.3, -0.25) is 0 Å². The summed E-state index contributed by atoms with van der Waals surface area (Å²) in [5, 5.41) is 27.9. The van der Waals surface area contributed by atoms with Crippen molar-refractivity contribution < 1.29 is 20.1 Å². The van der Waals surface area contributed by atoms with Crippen molar-refractivity contribution in [3.05, 3.63) is 60.4 Å². The lowest BCUT2D eigenvalue weighted by atomic mass is 10.0. The lowest BCUT2D eigenvalue weighted by molar-refractivity contribution is -0.131. The largest absolute Gasteiger partial charge is 0.508 e. The maximum absolute atomic E-state index is 10.2. The quantitative estimate of drug-likeness (QED) is 0.153. The SMILES string of the molecule is CCCCCCCCCC(O)CC=CC=CC(O)=CC=CC=CC(=O)O. The summed E-state index contributed by atoms with van der Waals surface area (Å²) in [7, 11) is 0. The van der Waals surface area contributed by atoms with Gasteiger partial charge in [0.2, 0.25) is 0 Å². The van der Waals surface area contributed by atoms with Gasteiger partial charge in [0.05, 0.1) is 6.10 Å². The highest BCUT2D eigenvalue weighted by molar-refractivity contribution is 5.80. The molecule has 4 nitrogen and oxygen atoms in total. The van der Waals surface area contributed by atoms with E-state index in [1.165, 1.54) is 62.8 Å². The van der Waals surface area contributed by atoms with Crippen LogP contribution in [0.4, 0.5) is 0 Å². The van der Waals surface area contributed by atoms with Crippen molar-refractivity contribution >= 4 is 5.97 Å². The van der Waals surface area contributed by atoms with Gasteiger partial charge in [-0.15, -0.1) is 0 Å². The maximum Gasteiger partial charge on any atom is 0.328 e. The number of carboxylic acid groups (broad SMARTS) is 1. The number of carbonyl (C=O) groups is 1. The topological polar surface area (TPSA) is 77.8 Å². The van der Waals surface area contributed by atoms with Crippen LogP contribution in [-0.2, 0) is 4.79 Å². The first-order chi connectivity index (χ1) is 12.6. The van der Waals surface area contributed by atoms with E-state index in [0.717, 1.165) is 18.9 Å². The number of rotatable bonds is 15. The normalized spacial score (nSPS) is 14.3. The first kappa shape index (κ1) is 23.9. The molecular weight excluding hydrogens is 328 g/mol. The van der Waals surface area contributed by atoms with Crippen molar-refractivity contribution in [1.29, 1.82) is 0 Å². The number of carboxylic acids is 1. The van der Waals surface area contributed by atoms with E-state index in [2.05, 4.69) is 6.92 Å². The van der Waals surface area contributed by atoms with Gasteiger partial charge in [-0.25, -0.2) is 4.79 Å². The highest BCUT2D eigenvalue weighted by atomic mass is 16.4. The van der Waals surface area contributed by atoms with E-state index in [0.29, 0.717) is 6.42 Å².